The van der Waals surface area contributed by atoms with E-state index in [2.05, 4.69) is 5.32 Å². The predicted octanol–water partition coefficient (Wildman–Crippen LogP) is 1.65. The van der Waals surface area contributed by atoms with E-state index in [1.165, 1.54) is 6.92 Å². The topological polar surface area (TPSA) is 49.3 Å². The molecule has 0 bridgehead atoms. The van der Waals surface area contributed by atoms with Gasteiger partial charge in [-0.2, -0.15) is 0 Å². The number of amides is 1. The maximum Gasteiger partial charge on any atom is 0.221 e. The van der Waals surface area contributed by atoms with Crippen LogP contribution in [0, 0.1) is 0 Å². The molecule has 0 fully saturated rings. The molecule has 2 N–H and O–H groups in total. The van der Waals surface area contributed by atoms with Gasteiger partial charge in [0, 0.05) is 12.6 Å². The van der Waals surface area contributed by atoms with E-state index >= 15 is 0 Å². The molecular weight excluding hydrogens is 178 g/mol. The highest BCUT2D eigenvalue weighted by Crippen LogP contribution is 2.16. The van der Waals surface area contributed by atoms with Crippen LogP contribution in [0.1, 0.15) is 12.5 Å². The lowest BCUT2D eigenvalue weighted by molar-refractivity contribution is -0.114. The Balaban J connectivity index is 2.90. The molecule has 0 heterocycles. The first kappa shape index (κ1) is 10.5. The van der Waals surface area contributed by atoms with Crippen molar-refractivity contribution in [1.29, 1.82) is 0 Å². The van der Waals surface area contributed by atoms with Crippen LogP contribution in [0.25, 0.3) is 6.08 Å². The second-order valence-corrected chi connectivity index (χ2v) is 2.85. The summed E-state index contributed by atoms with van der Waals surface area (Å²) in [5.41, 5.74) is 1.64. The predicted molar refractivity (Wildman–Crippen MR) is 56.9 cm³/mol. The van der Waals surface area contributed by atoms with Gasteiger partial charge in [0.1, 0.15) is 0 Å². The average Bonchev–Trinajstić information content (AvgIpc) is 2.16. The Morgan fingerprint density at radius 3 is 2.86 bits per heavy atom. The average molecular weight is 191 g/mol. The van der Waals surface area contributed by atoms with Gasteiger partial charge in [-0.25, -0.2) is 0 Å². The zero-order valence-corrected chi connectivity index (χ0v) is 8.03. The van der Waals surface area contributed by atoms with E-state index in [1.807, 2.05) is 24.3 Å². The summed E-state index contributed by atoms with van der Waals surface area (Å²) in [7, 11) is 0. The fourth-order valence-electron chi connectivity index (χ4n) is 1.13. The largest absolute Gasteiger partial charge is 0.392 e. The molecule has 0 radical (unpaired) electrons. The van der Waals surface area contributed by atoms with Gasteiger partial charge in [0.25, 0.3) is 0 Å². The third-order valence-electron chi connectivity index (χ3n) is 1.67. The minimum Gasteiger partial charge on any atom is -0.392 e. The van der Waals surface area contributed by atoms with Gasteiger partial charge in [-0.05, 0) is 11.6 Å². The lowest BCUT2D eigenvalue weighted by Crippen LogP contribution is -2.06. The van der Waals surface area contributed by atoms with Crippen molar-refractivity contribution in [2.75, 3.05) is 11.9 Å². The molecule has 0 aliphatic heterocycles. The zero-order valence-electron chi connectivity index (χ0n) is 8.03. The highest BCUT2D eigenvalue weighted by Gasteiger charge is 1.98. The molecule has 0 aromatic heterocycles. The quantitative estimate of drug-likeness (QED) is 0.763. The van der Waals surface area contributed by atoms with Crippen LogP contribution in [0.2, 0.25) is 0 Å². The number of carbonyl (C=O) groups excluding carboxylic acids is 1. The summed E-state index contributed by atoms with van der Waals surface area (Å²) in [6.45, 7) is 1.46. The van der Waals surface area contributed by atoms with Crippen molar-refractivity contribution in [2.24, 2.45) is 0 Å². The van der Waals surface area contributed by atoms with Gasteiger partial charge in [0.05, 0.1) is 6.61 Å². The summed E-state index contributed by atoms with van der Waals surface area (Å²) in [5.74, 6) is -0.102. The Hall–Kier alpha value is -1.61. The summed E-state index contributed by atoms with van der Waals surface area (Å²) >= 11 is 0. The summed E-state index contributed by atoms with van der Waals surface area (Å²) < 4.78 is 0. The number of aliphatic hydroxyl groups is 1. The molecule has 0 saturated heterocycles. The molecule has 14 heavy (non-hydrogen) atoms. The van der Waals surface area contributed by atoms with E-state index < -0.39 is 0 Å². The van der Waals surface area contributed by atoms with Crippen LogP contribution in [-0.4, -0.2) is 17.6 Å². The first-order valence-electron chi connectivity index (χ1n) is 4.38. The molecule has 1 amide bonds. The Labute approximate surface area is 83.1 Å². The molecule has 0 atom stereocenters. The molecule has 0 aliphatic rings. The number of anilines is 1. The van der Waals surface area contributed by atoms with Gasteiger partial charge in [-0.1, -0.05) is 30.4 Å². The summed E-state index contributed by atoms with van der Waals surface area (Å²) in [6, 6.07) is 7.42. The van der Waals surface area contributed by atoms with E-state index in [1.54, 1.807) is 12.2 Å². The zero-order chi connectivity index (χ0) is 10.4. The van der Waals surface area contributed by atoms with Gasteiger partial charge in [-0.15, -0.1) is 0 Å². The number of hydrogen-bond acceptors (Lipinski definition) is 2. The van der Waals surface area contributed by atoms with Crippen LogP contribution < -0.4 is 5.32 Å². The number of nitrogens with one attached hydrogen (secondary N) is 1. The maximum atomic E-state index is 10.9. The van der Waals surface area contributed by atoms with Crippen molar-refractivity contribution in [3.05, 3.63) is 35.9 Å². The van der Waals surface area contributed by atoms with E-state index in [-0.39, 0.29) is 12.5 Å². The summed E-state index contributed by atoms with van der Waals surface area (Å²) in [5, 5.41) is 11.3. The highest BCUT2D eigenvalue weighted by atomic mass is 16.2. The van der Waals surface area contributed by atoms with Crippen molar-refractivity contribution in [2.45, 2.75) is 6.92 Å². The molecule has 0 saturated carbocycles. The molecule has 1 aromatic rings. The molecule has 0 spiro atoms. The van der Waals surface area contributed by atoms with Gasteiger partial charge >= 0.3 is 0 Å². The second-order valence-electron chi connectivity index (χ2n) is 2.85. The Bertz CT molecular complexity index is 345. The number of benzene rings is 1. The van der Waals surface area contributed by atoms with Crippen molar-refractivity contribution < 1.29 is 9.90 Å². The minimum atomic E-state index is -0.102. The van der Waals surface area contributed by atoms with Gasteiger partial charge in [0.15, 0.2) is 0 Å². The smallest absolute Gasteiger partial charge is 0.221 e. The van der Waals surface area contributed by atoms with Gasteiger partial charge in [0.2, 0.25) is 5.91 Å². The molecule has 1 aromatic carbocycles. The number of aliphatic hydroxyl groups excluding tert-OH is 1. The molecule has 3 nitrogen and oxygen atoms in total. The van der Waals surface area contributed by atoms with Crippen molar-refractivity contribution in [3.63, 3.8) is 0 Å². The van der Waals surface area contributed by atoms with Crippen molar-refractivity contribution in [1.82, 2.24) is 0 Å². The SMILES string of the molecule is CC(=O)Nc1ccccc1C=CCO. The van der Waals surface area contributed by atoms with Crippen LogP contribution in [-0.2, 0) is 4.79 Å². The third-order valence-corrected chi connectivity index (χ3v) is 1.67. The van der Waals surface area contributed by atoms with Gasteiger partial charge in [-0.3, -0.25) is 4.79 Å². The molecule has 74 valence electrons. The lowest BCUT2D eigenvalue weighted by atomic mass is 10.1. The van der Waals surface area contributed by atoms with Crippen molar-refractivity contribution in [3.8, 4) is 0 Å². The molecule has 0 aliphatic carbocycles. The lowest BCUT2D eigenvalue weighted by Gasteiger charge is -2.05. The van der Waals surface area contributed by atoms with Crippen LogP contribution >= 0.6 is 0 Å². The van der Waals surface area contributed by atoms with Crippen LogP contribution in [0.4, 0.5) is 5.69 Å². The third kappa shape index (κ3) is 3.03. The number of carbonyl (C=O) groups is 1. The van der Waals surface area contributed by atoms with E-state index in [0.29, 0.717) is 0 Å². The van der Waals surface area contributed by atoms with Crippen molar-refractivity contribution >= 4 is 17.7 Å². The van der Waals surface area contributed by atoms with E-state index in [9.17, 15) is 4.79 Å². The number of para-hydroxylation sites is 1. The maximum absolute atomic E-state index is 10.9. The second kappa shape index (κ2) is 5.19. The molecule has 3 heteroatoms. The molecule has 1 rings (SSSR count). The Kier molecular flexibility index (Phi) is 3.88. The first-order valence-corrected chi connectivity index (χ1v) is 4.38. The van der Waals surface area contributed by atoms with Crippen LogP contribution in [0.15, 0.2) is 30.3 Å². The number of hydrogen-bond donors (Lipinski definition) is 2. The van der Waals surface area contributed by atoms with Gasteiger partial charge < -0.3 is 10.4 Å². The number of rotatable bonds is 3. The highest BCUT2D eigenvalue weighted by molar-refractivity contribution is 5.91. The standard InChI is InChI=1S/C11H13NO2/c1-9(14)12-11-7-3-2-5-10(11)6-4-8-13/h2-7,13H,8H2,1H3,(H,12,14). The summed E-state index contributed by atoms with van der Waals surface area (Å²) in [6.07, 6.45) is 3.39. The monoisotopic (exact) mass is 191 g/mol. The summed E-state index contributed by atoms with van der Waals surface area (Å²) in [4.78, 5) is 10.9. The molecule has 0 unspecified atom stereocenters. The van der Waals surface area contributed by atoms with E-state index in [0.717, 1.165) is 11.3 Å². The molecular formula is C11H13NO2. The minimum absolute atomic E-state index is 0.00555. The Morgan fingerprint density at radius 1 is 1.50 bits per heavy atom. The van der Waals surface area contributed by atoms with Crippen LogP contribution in [0.5, 0.6) is 0 Å². The van der Waals surface area contributed by atoms with E-state index in [4.69, 9.17) is 5.11 Å². The Morgan fingerprint density at radius 2 is 2.21 bits per heavy atom. The fourth-order valence-corrected chi connectivity index (χ4v) is 1.13. The van der Waals surface area contributed by atoms with Crippen LogP contribution in [0.3, 0.4) is 0 Å². The normalized spacial score (nSPS) is 10.4. The fraction of sp³-hybridized carbons (Fsp3) is 0.182. The first-order chi connectivity index (χ1) is 6.74.